The number of carbonyl (C=O) groups is 1. The SMILES string of the molecule is COCC(=O)NC[C@H](C)Oc1ccc(CN(C)C2CCCCC2)cc1. The van der Waals surface area contributed by atoms with Crippen LogP contribution in [0.2, 0.25) is 0 Å². The highest BCUT2D eigenvalue weighted by Gasteiger charge is 2.17. The first kappa shape index (κ1) is 19.7. The van der Waals surface area contributed by atoms with Crippen molar-refractivity contribution in [1.29, 1.82) is 0 Å². The van der Waals surface area contributed by atoms with Gasteiger partial charge in [0.05, 0.1) is 6.54 Å². The molecule has 0 saturated heterocycles. The van der Waals surface area contributed by atoms with E-state index < -0.39 is 0 Å². The van der Waals surface area contributed by atoms with Gasteiger partial charge < -0.3 is 14.8 Å². The van der Waals surface area contributed by atoms with Gasteiger partial charge in [-0.05, 0) is 44.5 Å². The second-order valence-corrected chi connectivity index (χ2v) is 7.02. The van der Waals surface area contributed by atoms with E-state index in [9.17, 15) is 4.79 Å². The predicted octanol–water partition coefficient (Wildman–Crippen LogP) is 2.98. The van der Waals surface area contributed by atoms with Crippen molar-refractivity contribution in [1.82, 2.24) is 10.2 Å². The van der Waals surface area contributed by atoms with Crippen molar-refractivity contribution in [3.05, 3.63) is 29.8 Å². The highest BCUT2D eigenvalue weighted by molar-refractivity contribution is 5.77. The number of nitrogens with one attached hydrogen (secondary N) is 1. The Bertz CT molecular complexity index is 512. The zero-order chi connectivity index (χ0) is 18.1. The fraction of sp³-hybridized carbons (Fsp3) is 0.650. The van der Waals surface area contributed by atoms with Crippen molar-refractivity contribution in [2.75, 3.05) is 27.3 Å². The average molecular weight is 348 g/mol. The number of hydrogen-bond donors (Lipinski definition) is 1. The summed E-state index contributed by atoms with van der Waals surface area (Å²) < 4.78 is 10.6. The number of rotatable bonds is 9. The predicted molar refractivity (Wildman–Crippen MR) is 99.8 cm³/mol. The minimum atomic E-state index is -0.126. The normalized spacial score (nSPS) is 16.6. The van der Waals surface area contributed by atoms with Crippen LogP contribution in [0.25, 0.3) is 0 Å². The number of amides is 1. The third-order valence-electron chi connectivity index (χ3n) is 4.75. The highest BCUT2D eigenvalue weighted by atomic mass is 16.5. The largest absolute Gasteiger partial charge is 0.489 e. The molecule has 0 bridgehead atoms. The standard InChI is InChI=1S/C20H32N2O3/c1-16(13-21-20(23)15-24-3)25-19-11-9-17(10-12-19)14-22(2)18-7-5-4-6-8-18/h9-12,16,18H,4-8,13-15H2,1-3H3,(H,21,23)/t16-/m0/s1. The molecule has 1 aliphatic carbocycles. The number of carbonyl (C=O) groups excluding carboxylic acids is 1. The van der Waals surface area contributed by atoms with E-state index in [1.165, 1.54) is 44.8 Å². The quantitative estimate of drug-likeness (QED) is 0.745. The Balaban J connectivity index is 1.76. The molecule has 0 heterocycles. The summed E-state index contributed by atoms with van der Waals surface area (Å²) in [4.78, 5) is 13.9. The van der Waals surface area contributed by atoms with E-state index in [4.69, 9.17) is 9.47 Å². The number of methoxy groups -OCH3 is 1. The highest BCUT2D eigenvalue weighted by Crippen LogP contribution is 2.23. The maximum Gasteiger partial charge on any atom is 0.246 e. The second-order valence-electron chi connectivity index (χ2n) is 7.02. The second kappa shape index (κ2) is 10.4. The summed E-state index contributed by atoms with van der Waals surface area (Å²) in [6.45, 7) is 3.47. The maximum atomic E-state index is 11.4. The molecule has 1 fully saturated rings. The van der Waals surface area contributed by atoms with Gasteiger partial charge in [-0.1, -0.05) is 31.4 Å². The van der Waals surface area contributed by atoms with Gasteiger partial charge in [0.2, 0.25) is 5.91 Å². The van der Waals surface area contributed by atoms with E-state index in [1.807, 2.05) is 19.1 Å². The summed E-state index contributed by atoms with van der Waals surface area (Å²) in [6, 6.07) is 9.01. The van der Waals surface area contributed by atoms with Crippen LogP contribution in [0, 0.1) is 0 Å². The molecule has 0 aromatic heterocycles. The lowest BCUT2D eigenvalue weighted by molar-refractivity contribution is -0.125. The van der Waals surface area contributed by atoms with E-state index in [2.05, 4.69) is 29.4 Å². The molecule has 0 unspecified atom stereocenters. The molecule has 1 aromatic carbocycles. The van der Waals surface area contributed by atoms with Gasteiger partial charge in [-0.2, -0.15) is 0 Å². The smallest absolute Gasteiger partial charge is 0.246 e. The van der Waals surface area contributed by atoms with Gasteiger partial charge in [0, 0.05) is 19.7 Å². The van der Waals surface area contributed by atoms with Gasteiger partial charge in [-0.15, -0.1) is 0 Å². The number of ether oxygens (including phenoxy) is 2. The van der Waals surface area contributed by atoms with E-state index in [1.54, 1.807) is 0 Å². The summed E-state index contributed by atoms with van der Waals surface area (Å²) in [5, 5.41) is 2.78. The van der Waals surface area contributed by atoms with Crippen LogP contribution in [-0.2, 0) is 16.1 Å². The van der Waals surface area contributed by atoms with Crippen molar-refractivity contribution in [3.63, 3.8) is 0 Å². The molecule has 0 spiro atoms. The summed E-state index contributed by atoms with van der Waals surface area (Å²) in [7, 11) is 3.73. The molecule has 1 atom stereocenters. The van der Waals surface area contributed by atoms with Crippen LogP contribution in [0.15, 0.2) is 24.3 Å². The molecule has 1 saturated carbocycles. The van der Waals surface area contributed by atoms with Crippen LogP contribution in [-0.4, -0.2) is 50.3 Å². The van der Waals surface area contributed by atoms with Crippen LogP contribution in [0.4, 0.5) is 0 Å². The van der Waals surface area contributed by atoms with Crippen LogP contribution in [0.1, 0.15) is 44.6 Å². The lowest BCUT2D eigenvalue weighted by atomic mass is 9.94. The Morgan fingerprint density at radius 1 is 1.24 bits per heavy atom. The Kier molecular flexibility index (Phi) is 8.22. The minimum Gasteiger partial charge on any atom is -0.489 e. The molecule has 25 heavy (non-hydrogen) atoms. The zero-order valence-corrected chi connectivity index (χ0v) is 15.8. The molecule has 5 nitrogen and oxygen atoms in total. The van der Waals surface area contributed by atoms with E-state index in [0.717, 1.165) is 18.3 Å². The Morgan fingerprint density at radius 3 is 2.56 bits per heavy atom. The van der Waals surface area contributed by atoms with Crippen LogP contribution in [0.5, 0.6) is 5.75 Å². The van der Waals surface area contributed by atoms with Crippen molar-refractivity contribution in [2.24, 2.45) is 0 Å². The Morgan fingerprint density at radius 2 is 1.92 bits per heavy atom. The zero-order valence-electron chi connectivity index (χ0n) is 15.8. The molecule has 1 aromatic rings. The number of benzene rings is 1. The first-order valence-corrected chi connectivity index (χ1v) is 9.30. The molecule has 0 aliphatic heterocycles. The van der Waals surface area contributed by atoms with Crippen molar-refractivity contribution < 1.29 is 14.3 Å². The average Bonchev–Trinajstić information content (AvgIpc) is 2.62. The van der Waals surface area contributed by atoms with Crippen LogP contribution < -0.4 is 10.1 Å². The molecule has 1 N–H and O–H groups in total. The van der Waals surface area contributed by atoms with Gasteiger partial charge in [-0.25, -0.2) is 0 Å². The molecule has 1 amide bonds. The monoisotopic (exact) mass is 348 g/mol. The Labute approximate surface area is 151 Å². The minimum absolute atomic E-state index is 0.0793. The molecule has 0 radical (unpaired) electrons. The number of nitrogens with zero attached hydrogens (tertiary/aromatic N) is 1. The molecule has 140 valence electrons. The summed E-state index contributed by atoms with van der Waals surface area (Å²) >= 11 is 0. The van der Waals surface area contributed by atoms with Crippen molar-refractivity contribution in [3.8, 4) is 5.75 Å². The number of hydrogen-bond acceptors (Lipinski definition) is 4. The van der Waals surface area contributed by atoms with E-state index >= 15 is 0 Å². The van der Waals surface area contributed by atoms with E-state index in [-0.39, 0.29) is 18.6 Å². The molecule has 2 rings (SSSR count). The summed E-state index contributed by atoms with van der Waals surface area (Å²) in [5.41, 5.74) is 1.31. The topological polar surface area (TPSA) is 50.8 Å². The van der Waals surface area contributed by atoms with Gasteiger partial charge in [-0.3, -0.25) is 9.69 Å². The van der Waals surface area contributed by atoms with Crippen LogP contribution in [0.3, 0.4) is 0 Å². The Hall–Kier alpha value is -1.59. The van der Waals surface area contributed by atoms with Gasteiger partial charge in [0.15, 0.2) is 0 Å². The third kappa shape index (κ3) is 7.04. The lowest BCUT2D eigenvalue weighted by Gasteiger charge is -2.31. The van der Waals surface area contributed by atoms with Crippen molar-refractivity contribution in [2.45, 2.75) is 57.7 Å². The lowest BCUT2D eigenvalue weighted by Crippen LogP contribution is -2.35. The van der Waals surface area contributed by atoms with Crippen LogP contribution >= 0.6 is 0 Å². The van der Waals surface area contributed by atoms with Gasteiger partial charge >= 0.3 is 0 Å². The first-order valence-electron chi connectivity index (χ1n) is 9.30. The molecular weight excluding hydrogens is 316 g/mol. The molecular formula is C20H32N2O3. The third-order valence-corrected chi connectivity index (χ3v) is 4.75. The summed E-state index contributed by atoms with van der Waals surface area (Å²) in [6.07, 6.45) is 6.67. The fourth-order valence-corrected chi connectivity index (χ4v) is 3.33. The van der Waals surface area contributed by atoms with Gasteiger partial charge in [0.25, 0.3) is 0 Å². The fourth-order valence-electron chi connectivity index (χ4n) is 3.33. The van der Waals surface area contributed by atoms with Crippen molar-refractivity contribution >= 4 is 5.91 Å². The first-order chi connectivity index (χ1) is 12.1. The van der Waals surface area contributed by atoms with Gasteiger partial charge in [0.1, 0.15) is 18.5 Å². The molecule has 5 heteroatoms. The summed E-state index contributed by atoms with van der Waals surface area (Å²) in [5.74, 6) is 0.705. The molecule has 1 aliphatic rings. The maximum absolute atomic E-state index is 11.4. The van der Waals surface area contributed by atoms with E-state index in [0.29, 0.717) is 6.54 Å².